The first-order valence-electron chi connectivity index (χ1n) is 7.02. The van der Waals surface area contributed by atoms with Gasteiger partial charge in [-0.25, -0.2) is 0 Å². The van der Waals surface area contributed by atoms with Gasteiger partial charge in [-0.1, -0.05) is 29.8 Å². The second-order valence-electron chi connectivity index (χ2n) is 5.61. The predicted octanol–water partition coefficient (Wildman–Crippen LogP) is 3.48. The summed E-state index contributed by atoms with van der Waals surface area (Å²) in [5.41, 5.74) is 4.91. The van der Waals surface area contributed by atoms with Crippen LogP contribution in [0.25, 0.3) is 11.1 Å². The van der Waals surface area contributed by atoms with Gasteiger partial charge in [0.15, 0.2) is 0 Å². The Kier molecular flexibility index (Phi) is 2.45. The number of fused-ring (bicyclic) bond motifs is 4. The zero-order valence-electron chi connectivity index (χ0n) is 12.0. The van der Waals surface area contributed by atoms with Crippen molar-refractivity contribution in [2.24, 2.45) is 0 Å². The summed E-state index contributed by atoms with van der Waals surface area (Å²) in [6.07, 6.45) is 0. The lowest BCUT2D eigenvalue weighted by molar-refractivity contribution is -0.122. The van der Waals surface area contributed by atoms with E-state index in [9.17, 15) is 4.79 Å². The second kappa shape index (κ2) is 4.22. The number of carbonyl (C=O) groups excluding carboxylic acids is 1. The number of aryl methyl sites for hydroxylation is 1. The molecule has 2 aliphatic rings. The lowest BCUT2D eigenvalue weighted by Gasteiger charge is -2.14. The molecule has 3 heteroatoms. The van der Waals surface area contributed by atoms with Crippen LogP contribution in [-0.2, 0) is 4.79 Å². The Hall–Kier alpha value is -2.55. The van der Waals surface area contributed by atoms with Crippen LogP contribution in [0, 0.1) is 6.92 Å². The number of hydrogen-bond acceptors (Lipinski definition) is 2. The SMILES string of the molecule is Cc1ccc2c(c1)C1=C(C(=O)N(C)C1)c1ccccc1O2. The molecular weight excluding hydrogens is 262 g/mol. The monoisotopic (exact) mass is 277 g/mol. The summed E-state index contributed by atoms with van der Waals surface area (Å²) in [6.45, 7) is 2.68. The number of hydrogen-bond donors (Lipinski definition) is 0. The second-order valence-corrected chi connectivity index (χ2v) is 5.61. The highest BCUT2D eigenvalue weighted by atomic mass is 16.5. The molecule has 0 radical (unpaired) electrons. The minimum absolute atomic E-state index is 0.0652. The molecule has 2 heterocycles. The molecule has 0 fully saturated rings. The van der Waals surface area contributed by atoms with Crippen LogP contribution < -0.4 is 4.74 Å². The van der Waals surface area contributed by atoms with E-state index in [-0.39, 0.29) is 5.91 Å². The van der Waals surface area contributed by atoms with E-state index in [2.05, 4.69) is 13.0 Å². The Morgan fingerprint density at radius 3 is 2.67 bits per heavy atom. The molecule has 2 aliphatic heterocycles. The quantitative estimate of drug-likeness (QED) is 0.737. The molecule has 3 nitrogen and oxygen atoms in total. The Balaban J connectivity index is 2.07. The van der Waals surface area contributed by atoms with Crippen LogP contribution in [0.5, 0.6) is 11.5 Å². The normalized spacial score (nSPS) is 16.1. The summed E-state index contributed by atoms with van der Waals surface area (Å²) >= 11 is 0. The van der Waals surface area contributed by atoms with Crippen molar-refractivity contribution in [1.82, 2.24) is 4.90 Å². The van der Waals surface area contributed by atoms with Crippen LogP contribution in [-0.4, -0.2) is 24.4 Å². The molecule has 0 aliphatic carbocycles. The fourth-order valence-electron chi connectivity index (χ4n) is 3.05. The number of amides is 1. The van der Waals surface area contributed by atoms with Gasteiger partial charge in [0, 0.05) is 24.7 Å². The molecular formula is C18H15NO2. The van der Waals surface area contributed by atoms with Gasteiger partial charge in [0.2, 0.25) is 0 Å². The van der Waals surface area contributed by atoms with Gasteiger partial charge in [0.25, 0.3) is 5.91 Å². The number of benzene rings is 2. The maximum Gasteiger partial charge on any atom is 0.255 e. The van der Waals surface area contributed by atoms with Crippen LogP contribution in [0.3, 0.4) is 0 Å². The molecule has 0 N–H and O–H groups in total. The maximum absolute atomic E-state index is 12.6. The van der Waals surface area contributed by atoms with E-state index in [4.69, 9.17) is 4.74 Å². The van der Waals surface area contributed by atoms with Gasteiger partial charge in [-0.05, 0) is 30.7 Å². The highest BCUT2D eigenvalue weighted by Crippen LogP contribution is 2.45. The first-order chi connectivity index (χ1) is 10.1. The van der Waals surface area contributed by atoms with Crippen molar-refractivity contribution in [3.8, 4) is 11.5 Å². The van der Waals surface area contributed by atoms with Crippen molar-refractivity contribution in [1.29, 1.82) is 0 Å². The number of para-hydroxylation sites is 1. The highest BCUT2D eigenvalue weighted by Gasteiger charge is 2.34. The summed E-state index contributed by atoms with van der Waals surface area (Å²) in [7, 11) is 1.84. The Morgan fingerprint density at radius 2 is 1.81 bits per heavy atom. The molecule has 0 spiro atoms. The van der Waals surface area contributed by atoms with Crippen molar-refractivity contribution >= 4 is 17.1 Å². The number of carbonyl (C=O) groups is 1. The van der Waals surface area contributed by atoms with Crippen LogP contribution in [0.2, 0.25) is 0 Å². The largest absolute Gasteiger partial charge is 0.456 e. The van der Waals surface area contributed by atoms with E-state index in [1.807, 2.05) is 43.4 Å². The first kappa shape index (κ1) is 12.2. The van der Waals surface area contributed by atoms with Crippen molar-refractivity contribution in [2.45, 2.75) is 6.92 Å². The van der Waals surface area contributed by atoms with Gasteiger partial charge < -0.3 is 9.64 Å². The summed E-state index contributed by atoms with van der Waals surface area (Å²) in [6, 6.07) is 13.9. The molecule has 0 atom stereocenters. The summed E-state index contributed by atoms with van der Waals surface area (Å²) in [5.74, 6) is 1.63. The van der Waals surface area contributed by atoms with Crippen LogP contribution >= 0.6 is 0 Å². The van der Waals surface area contributed by atoms with Crippen LogP contribution in [0.4, 0.5) is 0 Å². The van der Waals surface area contributed by atoms with Crippen molar-refractivity contribution in [2.75, 3.05) is 13.6 Å². The molecule has 1 amide bonds. The third-order valence-corrected chi connectivity index (χ3v) is 4.09. The fourth-order valence-corrected chi connectivity index (χ4v) is 3.05. The predicted molar refractivity (Wildman–Crippen MR) is 82.1 cm³/mol. The lowest BCUT2D eigenvalue weighted by Crippen LogP contribution is -2.21. The third-order valence-electron chi connectivity index (χ3n) is 4.09. The number of ether oxygens (including phenoxy) is 1. The topological polar surface area (TPSA) is 29.5 Å². The van der Waals surface area contributed by atoms with E-state index in [1.54, 1.807) is 4.90 Å². The van der Waals surface area contributed by atoms with Crippen molar-refractivity contribution in [3.05, 3.63) is 59.2 Å². The molecule has 2 aromatic carbocycles. The van der Waals surface area contributed by atoms with Crippen molar-refractivity contribution in [3.63, 3.8) is 0 Å². The fraction of sp³-hybridized carbons (Fsp3) is 0.167. The molecule has 21 heavy (non-hydrogen) atoms. The Morgan fingerprint density at radius 1 is 1.05 bits per heavy atom. The number of nitrogens with zero attached hydrogens (tertiary/aromatic N) is 1. The molecule has 0 aromatic heterocycles. The molecule has 104 valence electrons. The Bertz CT molecular complexity index is 805. The smallest absolute Gasteiger partial charge is 0.255 e. The standard InChI is InChI=1S/C18H15NO2/c1-11-7-8-16-13(9-11)14-10-19(2)18(20)17(14)12-5-3-4-6-15(12)21-16/h3-9H,10H2,1-2H3. The maximum atomic E-state index is 12.6. The van der Waals surface area contributed by atoms with E-state index >= 15 is 0 Å². The van der Waals surface area contributed by atoms with Gasteiger partial charge in [-0.2, -0.15) is 0 Å². The van der Waals surface area contributed by atoms with Gasteiger partial charge in [0.1, 0.15) is 11.5 Å². The molecule has 4 rings (SSSR count). The zero-order valence-corrected chi connectivity index (χ0v) is 12.0. The first-order valence-corrected chi connectivity index (χ1v) is 7.02. The molecule has 2 aromatic rings. The van der Waals surface area contributed by atoms with Gasteiger partial charge in [-0.15, -0.1) is 0 Å². The highest BCUT2D eigenvalue weighted by molar-refractivity contribution is 6.31. The van der Waals surface area contributed by atoms with Gasteiger partial charge >= 0.3 is 0 Å². The number of likely N-dealkylation sites (N-methyl/N-ethyl adjacent to an activating group) is 1. The van der Waals surface area contributed by atoms with Gasteiger partial charge in [0.05, 0.1) is 5.57 Å². The average Bonchev–Trinajstić information content (AvgIpc) is 2.70. The lowest BCUT2D eigenvalue weighted by atomic mass is 9.96. The van der Waals surface area contributed by atoms with E-state index in [0.29, 0.717) is 6.54 Å². The van der Waals surface area contributed by atoms with E-state index < -0.39 is 0 Å². The minimum Gasteiger partial charge on any atom is -0.456 e. The average molecular weight is 277 g/mol. The van der Waals surface area contributed by atoms with E-state index in [0.717, 1.165) is 39.3 Å². The summed E-state index contributed by atoms with van der Waals surface area (Å²) < 4.78 is 6.06. The van der Waals surface area contributed by atoms with Crippen LogP contribution in [0.1, 0.15) is 16.7 Å². The minimum atomic E-state index is 0.0652. The molecule has 0 saturated heterocycles. The molecule has 0 bridgehead atoms. The number of rotatable bonds is 0. The molecule has 0 saturated carbocycles. The third kappa shape index (κ3) is 1.70. The van der Waals surface area contributed by atoms with Crippen LogP contribution in [0.15, 0.2) is 42.5 Å². The van der Waals surface area contributed by atoms with Gasteiger partial charge in [-0.3, -0.25) is 4.79 Å². The summed E-state index contributed by atoms with van der Waals surface area (Å²) in [4.78, 5) is 14.3. The van der Waals surface area contributed by atoms with E-state index in [1.165, 1.54) is 0 Å². The Labute approximate surface area is 123 Å². The van der Waals surface area contributed by atoms with Crippen molar-refractivity contribution < 1.29 is 9.53 Å². The zero-order chi connectivity index (χ0) is 14.6. The molecule has 0 unspecified atom stereocenters. The summed E-state index contributed by atoms with van der Waals surface area (Å²) in [5, 5.41) is 0.